The van der Waals surface area contributed by atoms with E-state index < -0.39 is 0 Å². The monoisotopic (exact) mass is 138 g/mol. The third-order valence-electron chi connectivity index (χ3n) is 0.224. The van der Waals surface area contributed by atoms with E-state index in [0.717, 1.165) is 6.42 Å². The van der Waals surface area contributed by atoms with Gasteiger partial charge in [0.05, 0.1) is 0 Å². The highest BCUT2D eigenvalue weighted by atomic mass is 16.3. The third-order valence-corrected chi connectivity index (χ3v) is 0.224. The molecule has 0 rings (SSSR count). The summed E-state index contributed by atoms with van der Waals surface area (Å²) in [6.45, 7) is 5.69. The lowest BCUT2D eigenvalue weighted by atomic mass is 10.5. The number of rotatable bonds is 1. The molecule has 4 N–H and O–H groups in total. The molecule has 0 atom stereocenters. The van der Waals surface area contributed by atoms with Gasteiger partial charge in [-0.15, -0.1) is 0 Å². The molecule has 0 aromatic carbocycles. The van der Waals surface area contributed by atoms with Crippen LogP contribution < -0.4 is 0 Å². The van der Waals surface area contributed by atoms with Crippen LogP contribution in [0.25, 0.3) is 0 Å². The Morgan fingerprint density at radius 2 is 1.44 bits per heavy atom. The van der Waals surface area contributed by atoms with Crippen LogP contribution in [-0.2, 0) is 0 Å². The van der Waals surface area contributed by atoms with E-state index in [2.05, 4.69) is 0 Å². The molecule has 0 saturated heterocycles. The summed E-state index contributed by atoms with van der Waals surface area (Å²) in [4.78, 5) is 0. The summed E-state index contributed by atoms with van der Waals surface area (Å²) in [7, 11) is 0. The summed E-state index contributed by atoms with van der Waals surface area (Å²) < 4.78 is 0. The predicted octanol–water partition coefficient (Wildman–Crippen LogP) is -0.0489. The molecule has 0 heterocycles. The van der Waals surface area contributed by atoms with Crippen molar-refractivity contribution in [3.05, 3.63) is 0 Å². The molecule has 9 heavy (non-hydrogen) atoms. The van der Waals surface area contributed by atoms with Crippen LogP contribution in [0.5, 0.6) is 0 Å². The van der Waals surface area contributed by atoms with Gasteiger partial charge in [-0.25, -0.2) is 0 Å². The van der Waals surface area contributed by atoms with Crippen molar-refractivity contribution in [1.29, 1.82) is 0 Å². The first-order valence-corrected chi connectivity index (χ1v) is 2.94. The van der Waals surface area contributed by atoms with Crippen LogP contribution in [0.2, 0.25) is 0 Å². The fourth-order valence-corrected chi connectivity index (χ4v) is 0. The lowest BCUT2D eigenvalue weighted by Crippen LogP contribution is -1.85. The summed E-state index contributed by atoms with van der Waals surface area (Å²) in [5.74, 6) is 0. The minimum absolute atomic E-state index is 0. The Morgan fingerprint density at radius 3 is 1.44 bits per heavy atom. The summed E-state index contributed by atoms with van der Waals surface area (Å²) in [6, 6.07) is 0. The zero-order valence-corrected chi connectivity index (χ0v) is 6.39. The van der Waals surface area contributed by atoms with Crippen molar-refractivity contribution in [2.45, 2.75) is 33.3 Å². The number of aliphatic hydroxyl groups excluding tert-OH is 2. The van der Waals surface area contributed by atoms with Gasteiger partial charge in [-0.2, -0.15) is 0 Å². The average Bonchev–Trinajstić information content (AvgIpc) is 1.65. The number of hydrogen-bond acceptors (Lipinski definition) is 2. The van der Waals surface area contributed by atoms with Gasteiger partial charge in [0.2, 0.25) is 0 Å². The van der Waals surface area contributed by atoms with Gasteiger partial charge in [0.25, 0.3) is 0 Å². The van der Waals surface area contributed by atoms with E-state index in [1.807, 2.05) is 6.92 Å². The quantitative estimate of drug-likeness (QED) is 0.533. The van der Waals surface area contributed by atoms with Crippen LogP contribution in [-0.4, -0.2) is 28.4 Å². The topological polar surface area (TPSA) is 72.0 Å². The highest BCUT2D eigenvalue weighted by Crippen LogP contribution is 1.65. The van der Waals surface area contributed by atoms with Crippen molar-refractivity contribution in [1.82, 2.24) is 0 Å². The van der Waals surface area contributed by atoms with Crippen LogP contribution in [0.3, 0.4) is 0 Å². The Kier molecular flexibility index (Phi) is 27.8. The molecule has 0 bridgehead atoms. The molecular weight excluding hydrogens is 120 g/mol. The highest BCUT2D eigenvalue weighted by Gasteiger charge is 1.69. The van der Waals surface area contributed by atoms with E-state index in [0.29, 0.717) is 6.61 Å². The number of aliphatic hydroxyl groups is 2. The zero-order chi connectivity index (χ0) is 6.99. The van der Waals surface area contributed by atoms with Crippen molar-refractivity contribution < 1.29 is 15.7 Å². The van der Waals surface area contributed by atoms with Gasteiger partial charge in [0, 0.05) is 12.7 Å². The van der Waals surface area contributed by atoms with Crippen LogP contribution in [0.4, 0.5) is 0 Å². The second-order valence-electron chi connectivity index (χ2n) is 1.82. The molecule has 3 nitrogen and oxygen atoms in total. The van der Waals surface area contributed by atoms with Gasteiger partial charge >= 0.3 is 0 Å². The maximum Gasteiger partial charge on any atom is 0.0483 e. The van der Waals surface area contributed by atoms with Gasteiger partial charge in [0.15, 0.2) is 0 Å². The van der Waals surface area contributed by atoms with Crippen molar-refractivity contribution in [2.24, 2.45) is 0 Å². The standard InChI is InChI=1S/2C3H8O.H2O/c1-3(2)4;1-2-3-4;/h3-4H,1-2H3;4H,2-3H2,1H3;1H2. The first kappa shape index (κ1) is 15.9. The number of hydrogen-bond donors (Lipinski definition) is 2. The lowest BCUT2D eigenvalue weighted by Gasteiger charge is -1.80. The zero-order valence-electron chi connectivity index (χ0n) is 6.39. The molecule has 0 aromatic heterocycles. The maximum atomic E-state index is 8.06. The molecule has 3 heteroatoms. The SMILES string of the molecule is CC(C)O.CCCO.O. The molecule has 0 aliphatic carbocycles. The molecule has 0 fully saturated rings. The minimum Gasteiger partial charge on any atom is -0.412 e. The Balaban J connectivity index is -0.0000000720. The lowest BCUT2D eigenvalue weighted by molar-refractivity contribution is 0.216. The summed E-state index contributed by atoms with van der Waals surface area (Å²) in [5.41, 5.74) is 0. The van der Waals surface area contributed by atoms with Gasteiger partial charge < -0.3 is 15.7 Å². The van der Waals surface area contributed by atoms with E-state index in [-0.39, 0.29) is 11.6 Å². The van der Waals surface area contributed by atoms with E-state index in [1.54, 1.807) is 13.8 Å². The summed E-state index contributed by atoms with van der Waals surface area (Å²) in [5, 5.41) is 15.9. The molecule has 0 saturated carbocycles. The molecule has 0 unspecified atom stereocenters. The maximum absolute atomic E-state index is 8.06. The fraction of sp³-hybridized carbons (Fsp3) is 1.00. The van der Waals surface area contributed by atoms with Gasteiger partial charge in [-0.05, 0) is 20.3 Å². The smallest absolute Gasteiger partial charge is 0.0483 e. The van der Waals surface area contributed by atoms with Crippen molar-refractivity contribution >= 4 is 0 Å². The van der Waals surface area contributed by atoms with Crippen molar-refractivity contribution in [3.63, 3.8) is 0 Å². The van der Waals surface area contributed by atoms with E-state index in [9.17, 15) is 0 Å². The Labute approximate surface area is 56.6 Å². The largest absolute Gasteiger partial charge is 0.412 e. The molecule has 60 valence electrons. The second kappa shape index (κ2) is 15.7. The molecular formula is C6H18O3. The second-order valence-corrected chi connectivity index (χ2v) is 1.82. The van der Waals surface area contributed by atoms with Crippen LogP contribution >= 0.6 is 0 Å². The average molecular weight is 138 g/mol. The molecule has 0 spiro atoms. The first-order valence-electron chi connectivity index (χ1n) is 2.94. The van der Waals surface area contributed by atoms with E-state index in [1.165, 1.54) is 0 Å². The van der Waals surface area contributed by atoms with Gasteiger partial charge in [-0.3, -0.25) is 0 Å². The van der Waals surface area contributed by atoms with Crippen LogP contribution in [0.15, 0.2) is 0 Å². The summed E-state index contributed by atoms with van der Waals surface area (Å²) >= 11 is 0. The highest BCUT2D eigenvalue weighted by molar-refractivity contribution is 4.20. The Bertz CT molecular complexity index is 24.7. The Morgan fingerprint density at radius 1 is 1.33 bits per heavy atom. The minimum atomic E-state index is -0.167. The third kappa shape index (κ3) is 352. The van der Waals surface area contributed by atoms with Gasteiger partial charge in [0.1, 0.15) is 0 Å². The van der Waals surface area contributed by atoms with Crippen molar-refractivity contribution in [2.75, 3.05) is 6.61 Å². The molecule has 0 aromatic rings. The molecule has 0 radical (unpaired) electrons. The van der Waals surface area contributed by atoms with Crippen LogP contribution in [0.1, 0.15) is 27.2 Å². The first-order chi connectivity index (χ1) is 3.65. The van der Waals surface area contributed by atoms with E-state index in [4.69, 9.17) is 10.2 Å². The molecule has 0 amide bonds. The van der Waals surface area contributed by atoms with Crippen molar-refractivity contribution in [3.8, 4) is 0 Å². The van der Waals surface area contributed by atoms with Crippen LogP contribution in [0, 0.1) is 0 Å². The fourth-order valence-electron chi connectivity index (χ4n) is 0. The molecule has 0 aliphatic heterocycles. The summed E-state index contributed by atoms with van der Waals surface area (Å²) in [6.07, 6.45) is 0.708. The predicted molar refractivity (Wildman–Crippen MR) is 38.3 cm³/mol. The van der Waals surface area contributed by atoms with E-state index >= 15 is 0 Å². The normalized spacial score (nSPS) is 7.33. The molecule has 0 aliphatic rings. The Hall–Kier alpha value is -0.120. The van der Waals surface area contributed by atoms with Gasteiger partial charge in [-0.1, -0.05) is 6.92 Å².